The van der Waals surface area contributed by atoms with Gasteiger partial charge in [-0.25, -0.2) is 4.98 Å². The van der Waals surface area contributed by atoms with Crippen LogP contribution in [0.15, 0.2) is 41.6 Å². The monoisotopic (exact) mass is 299 g/mol. The number of fused-ring (bicyclic) bond motifs is 2. The van der Waals surface area contributed by atoms with Gasteiger partial charge in [0.05, 0.1) is 23.7 Å². The number of ether oxygens (including phenoxy) is 1. The SMILES string of the molecule is O=C1CSc2ncc(C3CNc4ccccc4O3)cc2N1. The topological polar surface area (TPSA) is 63.2 Å². The van der Waals surface area contributed by atoms with Crippen LogP contribution in [-0.4, -0.2) is 23.2 Å². The zero-order chi connectivity index (χ0) is 14.2. The number of carbonyl (C=O) groups excluding carboxylic acids is 1. The van der Waals surface area contributed by atoms with Gasteiger partial charge in [0.25, 0.3) is 0 Å². The van der Waals surface area contributed by atoms with Gasteiger partial charge in [-0.2, -0.15) is 0 Å². The van der Waals surface area contributed by atoms with Gasteiger partial charge in [-0.05, 0) is 18.2 Å². The normalized spacial score (nSPS) is 19.6. The Bertz CT molecular complexity index is 720. The average Bonchev–Trinajstić information content (AvgIpc) is 2.53. The van der Waals surface area contributed by atoms with Crippen molar-refractivity contribution in [2.24, 2.45) is 0 Å². The first kappa shape index (κ1) is 12.5. The highest BCUT2D eigenvalue weighted by atomic mass is 32.2. The number of aromatic nitrogens is 1. The Balaban J connectivity index is 1.63. The molecule has 1 atom stereocenters. The number of hydrogen-bond acceptors (Lipinski definition) is 5. The van der Waals surface area contributed by atoms with Crippen LogP contribution in [0, 0.1) is 0 Å². The molecular weight excluding hydrogens is 286 g/mol. The maximum absolute atomic E-state index is 11.5. The van der Waals surface area contributed by atoms with Crippen molar-refractivity contribution in [1.82, 2.24) is 4.98 Å². The molecule has 106 valence electrons. The molecule has 6 heteroatoms. The first-order valence-corrected chi connectivity index (χ1v) is 7.70. The lowest BCUT2D eigenvalue weighted by Gasteiger charge is -2.28. The molecule has 1 aromatic carbocycles. The summed E-state index contributed by atoms with van der Waals surface area (Å²) >= 11 is 1.46. The molecule has 1 aromatic heterocycles. The zero-order valence-corrected chi connectivity index (χ0v) is 11.9. The molecule has 4 rings (SSSR count). The van der Waals surface area contributed by atoms with Gasteiger partial charge < -0.3 is 15.4 Å². The number of pyridine rings is 1. The van der Waals surface area contributed by atoms with Gasteiger partial charge in [0.2, 0.25) is 5.91 Å². The van der Waals surface area contributed by atoms with Crippen LogP contribution in [0.2, 0.25) is 0 Å². The van der Waals surface area contributed by atoms with Crippen molar-refractivity contribution in [2.45, 2.75) is 11.1 Å². The van der Waals surface area contributed by atoms with E-state index < -0.39 is 0 Å². The number of thioether (sulfide) groups is 1. The van der Waals surface area contributed by atoms with Crippen molar-refractivity contribution in [3.05, 3.63) is 42.1 Å². The minimum Gasteiger partial charge on any atom is -0.482 e. The van der Waals surface area contributed by atoms with Crippen LogP contribution in [0.25, 0.3) is 0 Å². The van der Waals surface area contributed by atoms with Crippen LogP contribution in [0.5, 0.6) is 5.75 Å². The van der Waals surface area contributed by atoms with E-state index in [9.17, 15) is 4.79 Å². The second-order valence-corrected chi connectivity index (χ2v) is 5.91. The van der Waals surface area contributed by atoms with Crippen molar-refractivity contribution in [3.63, 3.8) is 0 Å². The standard InChI is InChI=1S/C15H13N3O2S/c19-14-8-21-15-11(18-14)5-9(6-17-15)13-7-16-10-3-1-2-4-12(10)20-13/h1-6,13,16H,7-8H2,(H,18,19). The lowest BCUT2D eigenvalue weighted by Crippen LogP contribution is -2.25. The lowest BCUT2D eigenvalue weighted by atomic mass is 10.1. The molecule has 5 nitrogen and oxygen atoms in total. The van der Waals surface area contributed by atoms with Gasteiger partial charge in [-0.15, -0.1) is 0 Å². The van der Waals surface area contributed by atoms with E-state index in [1.54, 1.807) is 0 Å². The van der Waals surface area contributed by atoms with Gasteiger partial charge in [-0.1, -0.05) is 23.9 Å². The van der Waals surface area contributed by atoms with E-state index in [2.05, 4.69) is 15.6 Å². The predicted octanol–water partition coefficient (Wildman–Crippen LogP) is 2.67. The van der Waals surface area contributed by atoms with Crippen LogP contribution >= 0.6 is 11.8 Å². The van der Waals surface area contributed by atoms with Crippen LogP contribution in [0.3, 0.4) is 0 Å². The number of nitrogens with one attached hydrogen (secondary N) is 2. The maximum Gasteiger partial charge on any atom is 0.234 e. The second kappa shape index (κ2) is 4.96. The third-order valence-electron chi connectivity index (χ3n) is 3.49. The number of rotatable bonds is 1. The Labute approximate surface area is 126 Å². The van der Waals surface area contributed by atoms with Crippen LogP contribution in [0.1, 0.15) is 11.7 Å². The molecule has 21 heavy (non-hydrogen) atoms. The number of benzene rings is 1. The molecule has 3 heterocycles. The minimum atomic E-state index is -0.110. The largest absolute Gasteiger partial charge is 0.482 e. The molecule has 0 bridgehead atoms. The summed E-state index contributed by atoms with van der Waals surface area (Å²) in [5.41, 5.74) is 2.73. The van der Waals surface area contributed by atoms with Gasteiger partial charge in [0.15, 0.2) is 0 Å². The number of para-hydroxylation sites is 2. The van der Waals surface area contributed by atoms with Crippen molar-refractivity contribution < 1.29 is 9.53 Å². The van der Waals surface area contributed by atoms with E-state index >= 15 is 0 Å². The molecule has 1 unspecified atom stereocenters. The highest BCUT2D eigenvalue weighted by Gasteiger charge is 2.23. The van der Waals surface area contributed by atoms with Crippen molar-refractivity contribution in [1.29, 1.82) is 0 Å². The van der Waals surface area contributed by atoms with E-state index in [1.807, 2.05) is 36.5 Å². The third kappa shape index (κ3) is 2.31. The van der Waals surface area contributed by atoms with E-state index in [1.165, 1.54) is 11.8 Å². The van der Waals surface area contributed by atoms with E-state index in [0.29, 0.717) is 12.3 Å². The van der Waals surface area contributed by atoms with Gasteiger partial charge >= 0.3 is 0 Å². The summed E-state index contributed by atoms with van der Waals surface area (Å²) < 4.78 is 6.01. The van der Waals surface area contributed by atoms with Crippen LogP contribution in [-0.2, 0) is 4.79 Å². The molecule has 1 amide bonds. The molecule has 2 aromatic rings. The van der Waals surface area contributed by atoms with E-state index in [4.69, 9.17) is 4.74 Å². The number of hydrogen-bond donors (Lipinski definition) is 2. The Morgan fingerprint density at radius 3 is 3.14 bits per heavy atom. The molecule has 0 radical (unpaired) electrons. The molecular formula is C15H13N3O2S. The summed E-state index contributed by atoms with van der Waals surface area (Å²) in [6.45, 7) is 0.679. The smallest absolute Gasteiger partial charge is 0.234 e. The van der Waals surface area contributed by atoms with Crippen LogP contribution < -0.4 is 15.4 Å². The minimum absolute atomic E-state index is 0.0134. The quantitative estimate of drug-likeness (QED) is 0.847. The highest BCUT2D eigenvalue weighted by Crippen LogP contribution is 2.36. The zero-order valence-electron chi connectivity index (χ0n) is 11.1. The van der Waals surface area contributed by atoms with E-state index in [-0.39, 0.29) is 12.0 Å². The molecule has 0 fully saturated rings. The van der Waals surface area contributed by atoms with E-state index in [0.717, 1.165) is 27.7 Å². The summed E-state index contributed by atoms with van der Waals surface area (Å²) in [5, 5.41) is 7.08. The molecule has 0 spiro atoms. The number of amides is 1. The summed E-state index contributed by atoms with van der Waals surface area (Å²) in [4.78, 5) is 15.9. The first-order valence-electron chi connectivity index (χ1n) is 6.72. The second-order valence-electron chi connectivity index (χ2n) is 4.94. The Morgan fingerprint density at radius 1 is 1.29 bits per heavy atom. The lowest BCUT2D eigenvalue weighted by molar-refractivity contribution is -0.113. The van der Waals surface area contributed by atoms with Crippen molar-refractivity contribution in [2.75, 3.05) is 22.9 Å². The van der Waals surface area contributed by atoms with Crippen LogP contribution in [0.4, 0.5) is 11.4 Å². The van der Waals surface area contributed by atoms with Gasteiger partial charge in [-0.3, -0.25) is 4.79 Å². The molecule has 0 saturated heterocycles. The summed E-state index contributed by atoms with van der Waals surface area (Å²) in [5.74, 6) is 1.28. The maximum atomic E-state index is 11.5. The Morgan fingerprint density at radius 2 is 2.19 bits per heavy atom. The molecule has 0 aliphatic carbocycles. The fourth-order valence-electron chi connectivity index (χ4n) is 2.47. The summed E-state index contributed by atoms with van der Waals surface area (Å²) in [7, 11) is 0. The van der Waals surface area contributed by atoms with Gasteiger partial charge in [0, 0.05) is 11.8 Å². The molecule has 2 N–H and O–H groups in total. The summed E-state index contributed by atoms with van der Waals surface area (Å²) in [6, 6.07) is 9.81. The third-order valence-corrected chi connectivity index (χ3v) is 4.50. The molecule has 2 aliphatic heterocycles. The number of anilines is 2. The fraction of sp³-hybridized carbons (Fsp3) is 0.200. The van der Waals surface area contributed by atoms with Crippen molar-refractivity contribution in [3.8, 4) is 5.75 Å². The Hall–Kier alpha value is -2.21. The first-order chi connectivity index (χ1) is 10.3. The predicted molar refractivity (Wildman–Crippen MR) is 81.9 cm³/mol. The van der Waals surface area contributed by atoms with Crippen molar-refractivity contribution >= 4 is 29.0 Å². The summed E-state index contributed by atoms with van der Waals surface area (Å²) in [6.07, 6.45) is 1.71. The fourth-order valence-corrected chi connectivity index (χ4v) is 3.20. The average molecular weight is 299 g/mol. The Kier molecular flexibility index (Phi) is 2.96. The molecule has 0 saturated carbocycles. The highest BCUT2D eigenvalue weighted by molar-refractivity contribution is 8.00. The number of nitrogens with zero attached hydrogens (tertiary/aromatic N) is 1. The molecule has 2 aliphatic rings. The van der Waals surface area contributed by atoms with Gasteiger partial charge in [0.1, 0.15) is 16.9 Å². The number of carbonyl (C=O) groups is 1.